The molecule has 0 aliphatic carbocycles. The Bertz CT molecular complexity index is 156. The number of carbonyl (C=O) groups excluding carboxylic acids is 1. The van der Waals surface area contributed by atoms with Crippen LogP contribution in [0.5, 0.6) is 0 Å². The summed E-state index contributed by atoms with van der Waals surface area (Å²) in [7, 11) is 0. The van der Waals surface area contributed by atoms with Crippen molar-refractivity contribution in [1.82, 2.24) is 4.90 Å². The van der Waals surface area contributed by atoms with Gasteiger partial charge in [-0.25, -0.2) is 0 Å². The van der Waals surface area contributed by atoms with Gasteiger partial charge in [0.25, 0.3) is 0 Å². The molecule has 0 aromatic carbocycles. The number of nitrogens with zero attached hydrogens (tertiary/aromatic N) is 1. The Kier molecular flexibility index (Phi) is 2.06. The summed E-state index contributed by atoms with van der Waals surface area (Å²) in [5, 5.41) is 0. The van der Waals surface area contributed by atoms with Gasteiger partial charge in [-0.15, -0.1) is 0 Å². The Morgan fingerprint density at radius 3 is 2.90 bits per heavy atom. The van der Waals surface area contributed by atoms with Crippen LogP contribution < -0.4 is 5.73 Å². The molecule has 1 saturated heterocycles. The number of nitrogens with two attached hydrogens (primary N) is 1. The lowest BCUT2D eigenvalue weighted by atomic mass is 10.3. The third kappa shape index (κ3) is 1.19. The van der Waals surface area contributed by atoms with E-state index in [2.05, 4.69) is 6.58 Å². The highest BCUT2D eigenvalue weighted by Crippen LogP contribution is 2.12. The number of hydrogen-bond donors (Lipinski definition) is 1. The van der Waals surface area contributed by atoms with Crippen molar-refractivity contribution in [3.8, 4) is 0 Å². The molecule has 1 atom stereocenters. The number of rotatable bonds is 1. The molecule has 3 heteroatoms. The molecule has 0 unspecified atom stereocenters. The Labute approximate surface area is 60.5 Å². The van der Waals surface area contributed by atoms with Crippen molar-refractivity contribution < 1.29 is 4.79 Å². The van der Waals surface area contributed by atoms with E-state index < -0.39 is 0 Å². The van der Waals surface area contributed by atoms with Gasteiger partial charge in [-0.3, -0.25) is 4.79 Å². The highest BCUT2D eigenvalue weighted by molar-refractivity contribution is 5.87. The van der Waals surface area contributed by atoms with E-state index in [0.717, 1.165) is 19.4 Å². The molecule has 0 bridgehead atoms. The average Bonchev–Trinajstić information content (AvgIpc) is 2.34. The maximum atomic E-state index is 11.0. The summed E-state index contributed by atoms with van der Waals surface area (Å²) < 4.78 is 0. The largest absolute Gasteiger partial charge is 0.324 e. The summed E-state index contributed by atoms with van der Waals surface area (Å²) in [6.45, 7) is 4.18. The fourth-order valence-corrected chi connectivity index (χ4v) is 1.18. The maximum Gasteiger partial charge on any atom is 0.247 e. The standard InChI is InChI=1S/C7H12N2O/c1-2-7(10)9-5-3-4-6(9)8/h2,6H,1,3-5,8H2/t6-/m1/s1. The molecular formula is C7H12N2O. The van der Waals surface area contributed by atoms with Gasteiger partial charge >= 0.3 is 0 Å². The van der Waals surface area contributed by atoms with E-state index in [9.17, 15) is 4.79 Å². The molecule has 10 heavy (non-hydrogen) atoms. The minimum Gasteiger partial charge on any atom is -0.324 e. The molecule has 1 heterocycles. The molecular weight excluding hydrogens is 128 g/mol. The van der Waals surface area contributed by atoms with Crippen molar-refractivity contribution in [2.45, 2.75) is 19.0 Å². The zero-order valence-corrected chi connectivity index (χ0v) is 5.92. The molecule has 56 valence electrons. The Balaban J connectivity index is 2.54. The molecule has 3 nitrogen and oxygen atoms in total. The number of hydrogen-bond acceptors (Lipinski definition) is 2. The predicted molar refractivity (Wildman–Crippen MR) is 39.1 cm³/mol. The second-order valence-electron chi connectivity index (χ2n) is 2.45. The average molecular weight is 140 g/mol. The molecule has 0 aromatic heterocycles. The zero-order valence-electron chi connectivity index (χ0n) is 5.92. The van der Waals surface area contributed by atoms with Crippen LogP contribution in [0, 0.1) is 0 Å². The van der Waals surface area contributed by atoms with Crippen LogP contribution >= 0.6 is 0 Å². The van der Waals surface area contributed by atoms with E-state index in [-0.39, 0.29) is 12.1 Å². The van der Waals surface area contributed by atoms with Gasteiger partial charge in [0.15, 0.2) is 0 Å². The lowest BCUT2D eigenvalue weighted by molar-refractivity contribution is -0.126. The van der Waals surface area contributed by atoms with Crippen molar-refractivity contribution in [2.24, 2.45) is 5.73 Å². The van der Waals surface area contributed by atoms with E-state index >= 15 is 0 Å². The summed E-state index contributed by atoms with van der Waals surface area (Å²) in [4.78, 5) is 12.6. The first-order valence-electron chi connectivity index (χ1n) is 3.44. The predicted octanol–water partition coefficient (Wildman–Crippen LogP) is 0.0796. The van der Waals surface area contributed by atoms with Gasteiger partial charge in [0.1, 0.15) is 0 Å². The van der Waals surface area contributed by atoms with E-state index in [0.29, 0.717) is 0 Å². The monoisotopic (exact) mass is 140 g/mol. The quantitative estimate of drug-likeness (QED) is 0.524. The van der Waals surface area contributed by atoms with Crippen molar-refractivity contribution in [3.63, 3.8) is 0 Å². The molecule has 2 N–H and O–H groups in total. The normalized spacial score (nSPS) is 24.9. The highest BCUT2D eigenvalue weighted by Gasteiger charge is 2.22. The minimum atomic E-state index is -0.0782. The van der Waals surface area contributed by atoms with Gasteiger partial charge in [-0.2, -0.15) is 0 Å². The molecule has 0 radical (unpaired) electrons. The molecule has 1 fully saturated rings. The van der Waals surface area contributed by atoms with Crippen LogP contribution in [0.4, 0.5) is 0 Å². The van der Waals surface area contributed by atoms with Gasteiger partial charge in [0.05, 0.1) is 6.17 Å². The van der Waals surface area contributed by atoms with E-state index in [1.807, 2.05) is 0 Å². The van der Waals surface area contributed by atoms with Crippen LogP contribution in [0.2, 0.25) is 0 Å². The molecule has 0 saturated carbocycles. The Morgan fingerprint density at radius 1 is 1.80 bits per heavy atom. The zero-order chi connectivity index (χ0) is 7.56. The topological polar surface area (TPSA) is 46.3 Å². The van der Waals surface area contributed by atoms with Crippen LogP contribution in [0.15, 0.2) is 12.7 Å². The van der Waals surface area contributed by atoms with Crippen molar-refractivity contribution in [2.75, 3.05) is 6.54 Å². The minimum absolute atomic E-state index is 0.0509. The van der Waals surface area contributed by atoms with Gasteiger partial charge in [-0.05, 0) is 18.9 Å². The summed E-state index contributed by atoms with van der Waals surface area (Å²) in [6, 6.07) is 0. The van der Waals surface area contributed by atoms with Crippen LogP contribution in [0.3, 0.4) is 0 Å². The number of carbonyl (C=O) groups is 1. The fourth-order valence-electron chi connectivity index (χ4n) is 1.18. The van der Waals surface area contributed by atoms with Gasteiger partial charge in [0.2, 0.25) is 5.91 Å². The molecule has 1 amide bonds. The summed E-state index contributed by atoms with van der Waals surface area (Å²) in [6.07, 6.45) is 3.16. The fraction of sp³-hybridized carbons (Fsp3) is 0.571. The Morgan fingerprint density at radius 2 is 2.50 bits per heavy atom. The first kappa shape index (κ1) is 7.28. The third-order valence-corrected chi connectivity index (χ3v) is 1.76. The SMILES string of the molecule is C=CC(=O)N1CCC[C@@H]1N. The van der Waals surface area contributed by atoms with E-state index in [4.69, 9.17) is 5.73 Å². The van der Waals surface area contributed by atoms with E-state index in [1.54, 1.807) is 4.90 Å². The smallest absolute Gasteiger partial charge is 0.247 e. The van der Waals surface area contributed by atoms with Crippen LogP contribution in [0.25, 0.3) is 0 Å². The first-order chi connectivity index (χ1) is 4.75. The first-order valence-corrected chi connectivity index (χ1v) is 3.44. The van der Waals surface area contributed by atoms with E-state index in [1.165, 1.54) is 6.08 Å². The van der Waals surface area contributed by atoms with Crippen molar-refractivity contribution >= 4 is 5.91 Å². The van der Waals surface area contributed by atoms with Crippen LogP contribution in [-0.4, -0.2) is 23.5 Å². The molecule has 1 rings (SSSR count). The molecule has 1 aliphatic heterocycles. The highest BCUT2D eigenvalue weighted by atomic mass is 16.2. The van der Waals surface area contributed by atoms with Crippen LogP contribution in [-0.2, 0) is 4.79 Å². The Hall–Kier alpha value is -0.830. The summed E-state index contributed by atoms with van der Waals surface area (Å²) in [5.74, 6) is -0.0509. The van der Waals surface area contributed by atoms with Gasteiger partial charge < -0.3 is 10.6 Å². The number of likely N-dealkylation sites (tertiary alicyclic amines) is 1. The summed E-state index contributed by atoms with van der Waals surface area (Å²) in [5.41, 5.74) is 5.61. The lowest BCUT2D eigenvalue weighted by Crippen LogP contribution is -2.39. The van der Waals surface area contributed by atoms with Crippen molar-refractivity contribution in [1.29, 1.82) is 0 Å². The third-order valence-electron chi connectivity index (χ3n) is 1.76. The van der Waals surface area contributed by atoms with Gasteiger partial charge in [0, 0.05) is 6.54 Å². The second kappa shape index (κ2) is 2.84. The second-order valence-corrected chi connectivity index (χ2v) is 2.45. The molecule has 0 spiro atoms. The molecule has 1 aliphatic rings. The number of amides is 1. The van der Waals surface area contributed by atoms with Crippen LogP contribution in [0.1, 0.15) is 12.8 Å². The maximum absolute atomic E-state index is 11.0. The summed E-state index contributed by atoms with van der Waals surface area (Å²) >= 11 is 0. The molecule has 0 aromatic rings. The van der Waals surface area contributed by atoms with Crippen molar-refractivity contribution in [3.05, 3.63) is 12.7 Å². The lowest BCUT2D eigenvalue weighted by Gasteiger charge is -2.18. The van der Waals surface area contributed by atoms with Gasteiger partial charge in [-0.1, -0.05) is 6.58 Å².